The second-order valence-corrected chi connectivity index (χ2v) is 17.6. The number of pyridine rings is 1. The van der Waals surface area contributed by atoms with Gasteiger partial charge < -0.3 is 9.16 Å². The van der Waals surface area contributed by atoms with Crippen LogP contribution in [0.5, 0.6) is 0 Å². The van der Waals surface area contributed by atoms with Gasteiger partial charge in [-0.15, -0.1) is 0 Å². The summed E-state index contributed by atoms with van der Waals surface area (Å²) in [7, 11) is -2.56. The smallest absolute Gasteiger partial charge is 0.340 e. The number of aromatic nitrogens is 1. The van der Waals surface area contributed by atoms with Crippen LogP contribution >= 0.6 is 11.6 Å². The average molecular weight is 564 g/mol. The van der Waals surface area contributed by atoms with Crippen molar-refractivity contribution in [1.82, 2.24) is 4.98 Å². The molecule has 6 heteroatoms. The molecule has 1 aliphatic rings. The molecule has 0 spiro atoms. The summed E-state index contributed by atoms with van der Waals surface area (Å²) in [5.74, 6) is 0.974. The number of rotatable bonds is 9. The third kappa shape index (κ3) is 6.82. The maximum absolute atomic E-state index is 12.9. The topological polar surface area (TPSA) is 48.4 Å². The lowest BCUT2D eigenvalue weighted by Crippen LogP contribution is -2.66. The molecule has 1 aromatic heterocycles. The number of hydrogen-bond acceptors (Lipinski definition) is 4. The van der Waals surface area contributed by atoms with Crippen LogP contribution in [0.2, 0.25) is 10.2 Å². The number of carbonyl (C=O) groups is 1. The van der Waals surface area contributed by atoms with Crippen molar-refractivity contribution < 1.29 is 14.0 Å². The highest BCUT2D eigenvalue weighted by molar-refractivity contribution is 6.99. The van der Waals surface area contributed by atoms with Crippen molar-refractivity contribution in [3.05, 3.63) is 89.2 Å². The summed E-state index contributed by atoms with van der Waals surface area (Å²) < 4.78 is 12.8. The Balaban J connectivity index is 1.52. The lowest BCUT2D eigenvalue weighted by atomic mass is 9.96. The number of halogens is 1. The van der Waals surface area contributed by atoms with Crippen LogP contribution in [0.15, 0.2) is 72.8 Å². The van der Waals surface area contributed by atoms with Crippen molar-refractivity contribution in [2.45, 2.75) is 71.9 Å². The monoisotopic (exact) mass is 563 g/mol. The van der Waals surface area contributed by atoms with Gasteiger partial charge in [-0.1, -0.05) is 100.0 Å². The first-order valence-electron chi connectivity index (χ1n) is 14.0. The van der Waals surface area contributed by atoms with E-state index in [0.29, 0.717) is 40.6 Å². The minimum absolute atomic E-state index is 0.0429. The Morgan fingerprint density at radius 3 is 2.03 bits per heavy atom. The lowest BCUT2D eigenvalue weighted by Gasteiger charge is -2.43. The van der Waals surface area contributed by atoms with E-state index in [4.69, 9.17) is 20.8 Å². The third-order valence-electron chi connectivity index (χ3n) is 7.71. The average Bonchev–Trinajstić information content (AvgIpc) is 3.64. The summed E-state index contributed by atoms with van der Waals surface area (Å²) in [5.41, 5.74) is 0.643. The molecule has 0 amide bonds. The van der Waals surface area contributed by atoms with E-state index in [9.17, 15) is 4.79 Å². The number of benzene rings is 2. The summed E-state index contributed by atoms with van der Waals surface area (Å²) in [4.78, 5) is 17.4. The third-order valence-corrected chi connectivity index (χ3v) is 12.9. The second-order valence-electron chi connectivity index (χ2n) is 12.9. The molecule has 0 bridgehead atoms. The van der Waals surface area contributed by atoms with E-state index in [2.05, 4.69) is 93.3 Å². The maximum Gasteiger partial charge on any atom is 0.340 e. The summed E-state index contributed by atoms with van der Waals surface area (Å²) in [6.45, 7) is 15.5. The molecule has 0 N–H and O–H groups in total. The van der Waals surface area contributed by atoms with E-state index >= 15 is 0 Å². The number of ether oxygens (including phenoxy) is 1. The predicted molar refractivity (Wildman–Crippen MR) is 162 cm³/mol. The molecule has 0 radical (unpaired) electrons. The zero-order valence-electron chi connectivity index (χ0n) is 24.3. The molecule has 1 unspecified atom stereocenters. The Kier molecular flexibility index (Phi) is 8.75. The summed E-state index contributed by atoms with van der Waals surface area (Å²) in [5, 5.41) is 2.96. The van der Waals surface area contributed by atoms with E-state index in [0.717, 1.165) is 13.0 Å². The molecule has 1 aliphatic carbocycles. The highest BCUT2D eigenvalue weighted by Gasteiger charge is 2.52. The van der Waals surface area contributed by atoms with Crippen molar-refractivity contribution >= 4 is 36.3 Å². The maximum atomic E-state index is 12.9. The van der Waals surface area contributed by atoms with E-state index < -0.39 is 13.9 Å². The van der Waals surface area contributed by atoms with Crippen LogP contribution in [0.4, 0.5) is 0 Å². The van der Waals surface area contributed by atoms with Crippen LogP contribution in [-0.4, -0.2) is 31.5 Å². The molecule has 1 heterocycles. The van der Waals surface area contributed by atoms with E-state index in [1.54, 1.807) is 12.1 Å². The molecule has 0 saturated heterocycles. The Labute approximate surface area is 240 Å². The van der Waals surface area contributed by atoms with Crippen LogP contribution in [0.25, 0.3) is 0 Å². The fourth-order valence-electron chi connectivity index (χ4n) is 5.76. The minimum Gasteiger partial charge on any atom is -0.456 e. The Morgan fingerprint density at radius 2 is 1.51 bits per heavy atom. The largest absolute Gasteiger partial charge is 0.456 e. The van der Waals surface area contributed by atoms with Gasteiger partial charge >= 0.3 is 5.97 Å². The number of esters is 1. The van der Waals surface area contributed by atoms with Crippen LogP contribution in [-0.2, 0) is 15.6 Å². The van der Waals surface area contributed by atoms with Crippen molar-refractivity contribution in [3.63, 3.8) is 0 Å². The second kappa shape index (κ2) is 11.6. The van der Waals surface area contributed by atoms with Gasteiger partial charge in [0.2, 0.25) is 0 Å². The first-order valence-corrected chi connectivity index (χ1v) is 16.2. The summed E-state index contributed by atoms with van der Waals surface area (Å²) >= 11 is 6.24. The molecule has 0 aliphatic heterocycles. The van der Waals surface area contributed by atoms with Crippen molar-refractivity contribution in [3.8, 4) is 0 Å². The molecule has 39 heavy (non-hydrogen) atoms. The fourth-order valence-corrected chi connectivity index (χ4v) is 10.5. The van der Waals surface area contributed by atoms with Gasteiger partial charge in [0, 0.05) is 6.61 Å². The molecule has 1 fully saturated rings. The molecule has 2 aromatic carbocycles. The van der Waals surface area contributed by atoms with Gasteiger partial charge in [-0.25, -0.2) is 9.78 Å². The molecular weight excluding hydrogens is 522 g/mol. The quantitative estimate of drug-likeness (QED) is 0.158. The molecule has 4 rings (SSSR count). The normalized spacial score (nSPS) is 18.5. The minimum atomic E-state index is -2.56. The van der Waals surface area contributed by atoms with Crippen molar-refractivity contribution in [2.75, 3.05) is 6.61 Å². The van der Waals surface area contributed by atoms with Gasteiger partial charge in [-0.05, 0) is 78.9 Å². The Morgan fingerprint density at radius 1 is 0.949 bits per heavy atom. The van der Waals surface area contributed by atoms with E-state index in [-0.39, 0.29) is 11.0 Å². The summed E-state index contributed by atoms with van der Waals surface area (Å²) in [6.07, 6.45) is 1.79. The Bertz CT molecular complexity index is 1230. The Hall–Kier alpha value is -2.47. The first-order chi connectivity index (χ1) is 18.3. The molecule has 3 aromatic rings. The molecule has 208 valence electrons. The van der Waals surface area contributed by atoms with Crippen LogP contribution < -0.4 is 10.4 Å². The number of hydrogen-bond donors (Lipinski definition) is 0. The molecule has 1 saturated carbocycles. The van der Waals surface area contributed by atoms with Gasteiger partial charge in [0.25, 0.3) is 8.32 Å². The zero-order chi connectivity index (χ0) is 28.4. The number of nitrogens with zero attached hydrogens (tertiary/aromatic N) is 1. The van der Waals surface area contributed by atoms with Gasteiger partial charge in [0.1, 0.15) is 10.8 Å². The van der Waals surface area contributed by atoms with Crippen LogP contribution in [0.3, 0.4) is 0 Å². The zero-order valence-corrected chi connectivity index (χ0v) is 26.1. The first kappa shape index (κ1) is 29.5. The lowest BCUT2D eigenvalue weighted by molar-refractivity contribution is 0.00675. The standard InChI is InChI=1S/C33H42ClNO3Si/c1-23(20-29-27(18-19-30(34)35-29)31(36)38-32(2,3)4)28-21-24(28)22-37-39(33(5,6)7,25-14-10-8-11-15-25)26-16-12-9-13-17-26/h8-19,23-24,28H,20-22H2,1-7H3/t23?,24-,28-/m1/s1. The molecule has 3 atom stereocenters. The van der Waals surface area contributed by atoms with Gasteiger partial charge in [0.05, 0.1) is 11.3 Å². The van der Waals surface area contributed by atoms with Crippen molar-refractivity contribution in [2.24, 2.45) is 17.8 Å². The molecular formula is C33H42ClNO3Si. The highest BCUT2D eigenvalue weighted by atomic mass is 35.5. The van der Waals surface area contributed by atoms with E-state index in [1.165, 1.54) is 10.4 Å². The number of carbonyl (C=O) groups excluding carboxylic acids is 1. The van der Waals surface area contributed by atoms with Gasteiger partial charge in [-0.3, -0.25) is 0 Å². The van der Waals surface area contributed by atoms with Gasteiger partial charge in [0.15, 0.2) is 0 Å². The van der Waals surface area contributed by atoms with Crippen LogP contribution in [0.1, 0.15) is 70.9 Å². The predicted octanol–water partition coefficient (Wildman–Crippen LogP) is 7.08. The van der Waals surface area contributed by atoms with Gasteiger partial charge in [-0.2, -0.15) is 0 Å². The summed E-state index contributed by atoms with van der Waals surface area (Å²) in [6, 6.07) is 25.0. The SMILES string of the molecule is CC(Cc1nc(Cl)ccc1C(=O)OC(C)(C)C)[C@H]1C[C@@H]1CO[Si](c1ccccc1)(c1ccccc1)C(C)(C)C. The fraction of sp³-hybridized carbons (Fsp3) is 0.455. The van der Waals surface area contributed by atoms with Crippen molar-refractivity contribution in [1.29, 1.82) is 0 Å². The molecule has 4 nitrogen and oxygen atoms in total. The van der Waals surface area contributed by atoms with E-state index in [1.807, 2.05) is 20.8 Å². The van der Waals surface area contributed by atoms with Crippen LogP contribution in [0, 0.1) is 17.8 Å². The highest BCUT2D eigenvalue weighted by Crippen LogP contribution is 2.47.